The van der Waals surface area contributed by atoms with E-state index in [-0.39, 0.29) is 0 Å². The summed E-state index contributed by atoms with van der Waals surface area (Å²) in [5.74, 6) is 5.71. The summed E-state index contributed by atoms with van der Waals surface area (Å²) in [5.41, 5.74) is 0.965. The van der Waals surface area contributed by atoms with Crippen molar-refractivity contribution in [2.45, 2.75) is 39.0 Å². The SMILES string of the molecule is C=C(C)C(=C)OCC1CC2CC1C1CCCC21. The maximum atomic E-state index is 5.79. The Morgan fingerprint density at radius 2 is 1.88 bits per heavy atom. The van der Waals surface area contributed by atoms with Crippen molar-refractivity contribution in [1.29, 1.82) is 0 Å². The Hall–Kier alpha value is -0.720. The molecule has 5 unspecified atom stereocenters. The number of ether oxygens (including phenoxy) is 1. The van der Waals surface area contributed by atoms with Crippen molar-refractivity contribution in [3.8, 4) is 0 Å². The highest BCUT2D eigenvalue weighted by atomic mass is 16.5. The van der Waals surface area contributed by atoms with E-state index >= 15 is 0 Å². The zero-order valence-corrected chi connectivity index (χ0v) is 11.0. The van der Waals surface area contributed by atoms with Crippen LogP contribution in [-0.4, -0.2) is 6.61 Å². The third-order valence-corrected chi connectivity index (χ3v) is 5.51. The van der Waals surface area contributed by atoms with Crippen molar-refractivity contribution in [3.05, 3.63) is 24.5 Å². The molecule has 0 heterocycles. The Morgan fingerprint density at radius 1 is 1.12 bits per heavy atom. The molecule has 0 spiro atoms. The van der Waals surface area contributed by atoms with Crippen LogP contribution in [0, 0.1) is 29.6 Å². The lowest BCUT2D eigenvalue weighted by molar-refractivity contribution is 0.0986. The van der Waals surface area contributed by atoms with Gasteiger partial charge in [0.1, 0.15) is 5.76 Å². The first kappa shape index (κ1) is 11.4. The van der Waals surface area contributed by atoms with Crippen LogP contribution in [0.1, 0.15) is 39.0 Å². The zero-order valence-electron chi connectivity index (χ0n) is 11.0. The topological polar surface area (TPSA) is 9.23 Å². The first-order valence-corrected chi connectivity index (χ1v) is 7.14. The van der Waals surface area contributed by atoms with Gasteiger partial charge < -0.3 is 4.74 Å². The lowest BCUT2D eigenvalue weighted by Gasteiger charge is -2.31. The summed E-state index contributed by atoms with van der Waals surface area (Å²) in [7, 11) is 0. The van der Waals surface area contributed by atoms with E-state index in [0.29, 0.717) is 0 Å². The predicted molar refractivity (Wildman–Crippen MR) is 70.4 cm³/mol. The fourth-order valence-corrected chi connectivity index (χ4v) is 4.73. The second-order valence-electron chi connectivity index (χ2n) is 6.43. The highest BCUT2D eigenvalue weighted by Gasteiger charge is 2.53. The smallest absolute Gasteiger partial charge is 0.114 e. The minimum absolute atomic E-state index is 0.788. The minimum Gasteiger partial charge on any atom is -0.494 e. The number of allylic oxidation sites excluding steroid dienone is 1. The van der Waals surface area contributed by atoms with Gasteiger partial charge in [-0.2, -0.15) is 0 Å². The molecule has 3 aliphatic rings. The molecule has 0 aromatic rings. The molecule has 3 rings (SSSR count). The van der Waals surface area contributed by atoms with E-state index in [4.69, 9.17) is 4.74 Å². The summed E-state index contributed by atoms with van der Waals surface area (Å²) >= 11 is 0. The van der Waals surface area contributed by atoms with Gasteiger partial charge in [-0.1, -0.05) is 19.6 Å². The van der Waals surface area contributed by atoms with E-state index in [1.54, 1.807) is 0 Å². The molecule has 0 aliphatic heterocycles. The van der Waals surface area contributed by atoms with Crippen LogP contribution < -0.4 is 0 Å². The van der Waals surface area contributed by atoms with Gasteiger partial charge in [0.25, 0.3) is 0 Å². The highest BCUT2D eigenvalue weighted by molar-refractivity contribution is 5.16. The molecule has 3 aliphatic carbocycles. The van der Waals surface area contributed by atoms with Gasteiger partial charge in [0, 0.05) is 0 Å². The first-order valence-electron chi connectivity index (χ1n) is 7.14. The zero-order chi connectivity index (χ0) is 12.0. The Bertz CT molecular complexity index is 343. The van der Waals surface area contributed by atoms with Crippen LogP contribution in [0.3, 0.4) is 0 Å². The summed E-state index contributed by atoms with van der Waals surface area (Å²) in [6.07, 6.45) is 7.38. The third-order valence-electron chi connectivity index (χ3n) is 5.51. The second-order valence-corrected chi connectivity index (χ2v) is 6.43. The van der Waals surface area contributed by atoms with Gasteiger partial charge in [0.15, 0.2) is 0 Å². The first-order chi connectivity index (χ1) is 8.16. The molecule has 1 heteroatoms. The molecule has 0 radical (unpaired) electrons. The lowest BCUT2D eigenvalue weighted by atomic mass is 9.76. The van der Waals surface area contributed by atoms with E-state index in [9.17, 15) is 0 Å². The molecule has 2 bridgehead atoms. The van der Waals surface area contributed by atoms with Crippen LogP contribution in [0.5, 0.6) is 0 Å². The van der Waals surface area contributed by atoms with E-state index in [1.165, 1.54) is 32.1 Å². The summed E-state index contributed by atoms with van der Waals surface area (Å²) in [6, 6.07) is 0. The molecule has 0 amide bonds. The lowest BCUT2D eigenvalue weighted by Crippen LogP contribution is -2.27. The Kier molecular flexibility index (Phi) is 2.80. The molecule has 17 heavy (non-hydrogen) atoms. The van der Waals surface area contributed by atoms with E-state index in [1.807, 2.05) is 6.92 Å². The standard InChI is InChI=1S/C16H24O/c1-10(2)11(3)17-9-13-7-12-8-16(13)15-6-4-5-14(12)15/h12-16H,1,3-9H2,2H3. The molecular weight excluding hydrogens is 208 g/mol. The largest absolute Gasteiger partial charge is 0.494 e. The van der Waals surface area contributed by atoms with Gasteiger partial charge in [-0.25, -0.2) is 0 Å². The van der Waals surface area contributed by atoms with Crippen molar-refractivity contribution >= 4 is 0 Å². The van der Waals surface area contributed by atoms with Crippen molar-refractivity contribution in [2.24, 2.45) is 29.6 Å². The molecule has 1 nitrogen and oxygen atoms in total. The molecule has 0 saturated heterocycles. The monoisotopic (exact) mass is 232 g/mol. The van der Waals surface area contributed by atoms with Crippen molar-refractivity contribution in [3.63, 3.8) is 0 Å². The van der Waals surface area contributed by atoms with Crippen LogP contribution in [0.2, 0.25) is 0 Å². The molecule has 94 valence electrons. The predicted octanol–water partition coefficient (Wildman–Crippen LogP) is 4.17. The van der Waals surface area contributed by atoms with Crippen LogP contribution in [0.25, 0.3) is 0 Å². The molecule has 3 fully saturated rings. The molecular formula is C16H24O. The third kappa shape index (κ3) is 1.84. The molecule has 5 atom stereocenters. The van der Waals surface area contributed by atoms with Gasteiger partial charge in [-0.3, -0.25) is 0 Å². The highest BCUT2D eigenvalue weighted by Crippen LogP contribution is 2.60. The van der Waals surface area contributed by atoms with E-state index in [2.05, 4.69) is 13.2 Å². The summed E-state index contributed by atoms with van der Waals surface area (Å²) in [5, 5.41) is 0. The molecule has 0 aromatic heterocycles. The average Bonchev–Trinajstić information content (AvgIpc) is 2.96. The number of hydrogen-bond acceptors (Lipinski definition) is 1. The van der Waals surface area contributed by atoms with Crippen molar-refractivity contribution in [2.75, 3.05) is 6.61 Å². The maximum Gasteiger partial charge on any atom is 0.114 e. The van der Waals surface area contributed by atoms with Crippen molar-refractivity contribution < 1.29 is 4.74 Å². The average molecular weight is 232 g/mol. The normalized spacial score (nSPS) is 42.5. The molecule has 0 N–H and O–H groups in total. The number of hydrogen-bond donors (Lipinski definition) is 0. The van der Waals surface area contributed by atoms with Gasteiger partial charge >= 0.3 is 0 Å². The summed E-state index contributed by atoms with van der Waals surface area (Å²) in [4.78, 5) is 0. The minimum atomic E-state index is 0.788. The van der Waals surface area contributed by atoms with Gasteiger partial charge in [-0.15, -0.1) is 0 Å². The second kappa shape index (κ2) is 4.19. The van der Waals surface area contributed by atoms with Crippen LogP contribution in [0.4, 0.5) is 0 Å². The maximum absolute atomic E-state index is 5.79. The van der Waals surface area contributed by atoms with E-state index in [0.717, 1.165) is 47.5 Å². The Morgan fingerprint density at radius 3 is 2.65 bits per heavy atom. The van der Waals surface area contributed by atoms with Crippen LogP contribution in [-0.2, 0) is 4.74 Å². The molecule has 3 saturated carbocycles. The summed E-state index contributed by atoms with van der Waals surface area (Å²) < 4.78 is 5.79. The Balaban J connectivity index is 1.57. The molecule has 0 aromatic carbocycles. The van der Waals surface area contributed by atoms with Gasteiger partial charge in [-0.05, 0) is 67.8 Å². The number of rotatable bonds is 4. The number of fused-ring (bicyclic) bond motifs is 5. The summed E-state index contributed by atoms with van der Waals surface area (Å²) in [6.45, 7) is 10.7. The fraction of sp³-hybridized carbons (Fsp3) is 0.750. The fourth-order valence-electron chi connectivity index (χ4n) is 4.73. The van der Waals surface area contributed by atoms with Gasteiger partial charge in [0.05, 0.1) is 6.61 Å². The van der Waals surface area contributed by atoms with Gasteiger partial charge in [0.2, 0.25) is 0 Å². The quantitative estimate of drug-likeness (QED) is 0.522. The van der Waals surface area contributed by atoms with Crippen LogP contribution >= 0.6 is 0 Å². The Labute approximate surface area is 105 Å². The van der Waals surface area contributed by atoms with Crippen LogP contribution in [0.15, 0.2) is 24.5 Å². The van der Waals surface area contributed by atoms with E-state index < -0.39 is 0 Å². The van der Waals surface area contributed by atoms with Crippen molar-refractivity contribution in [1.82, 2.24) is 0 Å².